The van der Waals surface area contributed by atoms with Crippen molar-refractivity contribution in [1.29, 1.82) is 0 Å². The Labute approximate surface area is 119 Å². The van der Waals surface area contributed by atoms with Crippen LogP contribution in [0.1, 0.15) is 50.4 Å². The number of rotatable bonds is 4. The minimum atomic E-state index is -0.179. The fourth-order valence-electron chi connectivity index (χ4n) is 3.17. The molecule has 0 amide bonds. The molecule has 3 heterocycles. The van der Waals surface area contributed by atoms with E-state index >= 15 is 0 Å². The van der Waals surface area contributed by atoms with Gasteiger partial charge in [0.15, 0.2) is 0 Å². The monoisotopic (exact) mass is 281 g/mol. The van der Waals surface area contributed by atoms with Crippen molar-refractivity contribution in [3.05, 3.63) is 11.7 Å². The number of nitrogens with zero attached hydrogens (tertiary/aromatic N) is 2. The van der Waals surface area contributed by atoms with Crippen LogP contribution in [0.3, 0.4) is 0 Å². The summed E-state index contributed by atoms with van der Waals surface area (Å²) in [7, 11) is 0. The molecule has 112 valence electrons. The zero-order valence-electron chi connectivity index (χ0n) is 12.1. The van der Waals surface area contributed by atoms with Crippen LogP contribution in [0.15, 0.2) is 4.52 Å². The molecule has 2 fully saturated rings. The maximum atomic E-state index is 5.64. The van der Waals surface area contributed by atoms with Crippen LogP contribution in [0.25, 0.3) is 0 Å². The van der Waals surface area contributed by atoms with Gasteiger partial charge in [-0.05, 0) is 32.4 Å². The molecule has 1 aromatic rings. The summed E-state index contributed by atoms with van der Waals surface area (Å²) < 4.78 is 16.6. The molecule has 0 saturated carbocycles. The standard InChI is InChI=1S/C14H23N3O3/c1-2-3-14(4-6-15-7-5-14)13-16-12(17-20-13)11-10-18-8-9-19-11/h11,15H,2-10H2,1H3. The highest BCUT2D eigenvalue weighted by Gasteiger charge is 2.39. The van der Waals surface area contributed by atoms with Crippen molar-refractivity contribution in [2.75, 3.05) is 32.9 Å². The predicted molar refractivity (Wildman–Crippen MR) is 72.5 cm³/mol. The van der Waals surface area contributed by atoms with Gasteiger partial charge in [0.25, 0.3) is 0 Å². The van der Waals surface area contributed by atoms with Crippen molar-refractivity contribution in [3.8, 4) is 0 Å². The lowest BCUT2D eigenvalue weighted by Gasteiger charge is -2.34. The lowest BCUT2D eigenvalue weighted by Crippen LogP contribution is -2.40. The molecule has 1 unspecified atom stereocenters. The Bertz CT molecular complexity index is 418. The highest BCUT2D eigenvalue weighted by atomic mass is 16.6. The van der Waals surface area contributed by atoms with Crippen LogP contribution in [0.2, 0.25) is 0 Å². The van der Waals surface area contributed by atoms with E-state index in [0.29, 0.717) is 25.6 Å². The van der Waals surface area contributed by atoms with Crippen molar-refractivity contribution in [3.63, 3.8) is 0 Å². The summed E-state index contributed by atoms with van der Waals surface area (Å²) in [5, 5.41) is 7.53. The van der Waals surface area contributed by atoms with Gasteiger partial charge in [-0.1, -0.05) is 18.5 Å². The number of aromatic nitrogens is 2. The molecule has 2 saturated heterocycles. The third kappa shape index (κ3) is 2.73. The SMILES string of the molecule is CCCC1(c2nc(C3COCCO3)no2)CCNCC1. The predicted octanol–water partition coefficient (Wildman–Crippen LogP) is 1.58. The third-order valence-corrected chi connectivity index (χ3v) is 4.29. The zero-order chi connectivity index (χ0) is 13.8. The Balaban J connectivity index is 1.79. The zero-order valence-corrected chi connectivity index (χ0v) is 12.1. The molecule has 0 radical (unpaired) electrons. The summed E-state index contributed by atoms with van der Waals surface area (Å²) in [5.74, 6) is 1.42. The Morgan fingerprint density at radius 3 is 2.85 bits per heavy atom. The smallest absolute Gasteiger partial charge is 0.233 e. The fraction of sp³-hybridized carbons (Fsp3) is 0.857. The van der Waals surface area contributed by atoms with E-state index in [1.54, 1.807) is 0 Å². The molecule has 1 atom stereocenters. The van der Waals surface area contributed by atoms with Crippen molar-refractivity contribution < 1.29 is 14.0 Å². The van der Waals surface area contributed by atoms with Gasteiger partial charge in [-0.3, -0.25) is 0 Å². The van der Waals surface area contributed by atoms with E-state index in [9.17, 15) is 0 Å². The van der Waals surface area contributed by atoms with Gasteiger partial charge >= 0.3 is 0 Å². The Hall–Kier alpha value is -0.980. The second kappa shape index (κ2) is 6.20. The lowest BCUT2D eigenvalue weighted by atomic mass is 9.75. The topological polar surface area (TPSA) is 69.4 Å². The van der Waals surface area contributed by atoms with Gasteiger partial charge in [0.05, 0.1) is 25.2 Å². The van der Waals surface area contributed by atoms with Crippen LogP contribution in [0.5, 0.6) is 0 Å². The van der Waals surface area contributed by atoms with E-state index in [1.807, 2.05) is 0 Å². The van der Waals surface area contributed by atoms with Crippen LogP contribution >= 0.6 is 0 Å². The summed E-state index contributed by atoms with van der Waals surface area (Å²) in [6, 6.07) is 0. The van der Waals surface area contributed by atoms with Crippen LogP contribution in [0.4, 0.5) is 0 Å². The van der Waals surface area contributed by atoms with Crippen LogP contribution in [-0.4, -0.2) is 43.1 Å². The van der Waals surface area contributed by atoms with Crippen LogP contribution < -0.4 is 5.32 Å². The average molecular weight is 281 g/mol. The first kappa shape index (κ1) is 14.0. The van der Waals surface area contributed by atoms with Crippen molar-refractivity contribution in [2.24, 2.45) is 0 Å². The van der Waals surface area contributed by atoms with Gasteiger partial charge in [0.1, 0.15) is 6.10 Å². The first-order valence-electron chi connectivity index (χ1n) is 7.58. The first-order valence-corrected chi connectivity index (χ1v) is 7.58. The first-order chi connectivity index (χ1) is 9.84. The molecule has 1 aromatic heterocycles. The van der Waals surface area contributed by atoms with E-state index in [0.717, 1.165) is 44.7 Å². The van der Waals surface area contributed by atoms with Crippen LogP contribution in [-0.2, 0) is 14.9 Å². The number of piperidine rings is 1. The molecule has 20 heavy (non-hydrogen) atoms. The summed E-state index contributed by atoms with van der Waals surface area (Å²) in [6.07, 6.45) is 4.16. The minimum absolute atomic E-state index is 0.0424. The molecule has 0 aliphatic carbocycles. The normalized spacial score (nSPS) is 26.6. The molecule has 2 aliphatic rings. The van der Waals surface area contributed by atoms with Gasteiger partial charge in [-0.15, -0.1) is 0 Å². The lowest BCUT2D eigenvalue weighted by molar-refractivity contribution is -0.0941. The molecular weight excluding hydrogens is 258 g/mol. The Morgan fingerprint density at radius 2 is 2.15 bits per heavy atom. The van der Waals surface area contributed by atoms with E-state index in [-0.39, 0.29) is 11.5 Å². The fourth-order valence-corrected chi connectivity index (χ4v) is 3.17. The van der Waals surface area contributed by atoms with Crippen molar-refractivity contribution >= 4 is 0 Å². The van der Waals surface area contributed by atoms with Crippen molar-refractivity contribution in [2.45, 2.75) is 44.1 Å². The summed E-state index contributed by atoms with van der Waals surface area (Å²) >= 11 is 0. The van der Waals surface area contributed by atoms with Gasteiger partial charge in [0, 0.05) is 0 Å². The number of nitrogens with one attached hydrogen (secondary N) is 1. The molecule has 2 aliphatic heterocycles. The van der Waals surface area contributed by atoms with Crippen molar-refractivity contribution in [1.82, 2.24) is 15.5 Å². The van der Waals surface area contributed by atoms with E-state index in [2.05, 4.69) is 22.4 Å². The molecular formula is C14H23N3O3. The highest BCUT2D eigenvalue weighted by Crippen LogP contribution is 2.37. The maximum absolute atomic E-state index is 5.64. The molecule has 0 aromatic carbocycles. The highest BCUT2D eigenvalue weighted by molar-refractivity contribution is 5.08. The number of hydrogen-bond acceptors (Lipinski definition) is 6. The quantitative estimate of drug-likeness (QED) is 0.903. The molecule has 0 spiro atoms. The molecule has 1 N–H and O–H groups in total. The van der Waals surface area contributed by atoms with Gasteiger partial charge < -0.3 is 19.3 Å². The van der Waals surface area contributed by atoms with Gasteiger partial charge in [-0.2, -0.15) is 4.98 Å². The second-order valence-electron chi connectivity index (χ2n) is 5.67. The maximum Gasteiger partial charge on any atom is 0.233 e. The number of hydrogen-bond donors (Lipinski definition) is 1. The van der Waals surface area contributed by atoms with Crippen LogP contribution in [0, 0.1) is 0 Å². The summed E-state index contributed by atoms with van der Waals surface area (Å²) in [5.41, 5.74) is 0.0424. The molecule has 6 heteroatoms. The summed E-state index contributed by atoms with van der Waals surface area (Å²) in [4.78, 5) is 4.64. The van der Waals surface area contributed by atoms with E-state index < -0.39 is 0 Å². The summed E-state index contributed by atoms with van der Waals surface area (Å²) in [6.45, 7) is 5.99. The molecule has 0 bridgehead atoms. The van der Waals surface area contributed by atoms with Gasteiger partial charge in [0.2, 0.25) is 11.7 Å². The minimum Gasteiger partial charge on any atom is -0.376 e. The molecule has 6 nitrogen and oxygen atoms in total. The Kier molecular flexibility index (Phi) is 4.33. The third-order valence-electron chi connectivity index (χ3n) is 4.29. The second-order valence-corrected chi connectivity index (χ2v) is 5.67. The number of ether oxygens (including phenoxy) is 2. The molecule has 3 rings (SSSR count). The van der Waals surface area contributed by atoms with Gasteiger partial charge in [-0.25, -0.2) is 0 Å². The van der Waals surface area contributed by atoms with E-state index in [4.69, 9.17) is 14.0 Å². The average Bonchev–Trinajstić information content (AvgIpc) is 3.00. The van der Waals surface area contributed by atoms with E-state index in [1.165, 1.54) is 0 Å². The Morgan fingerprint density at radius 1 is 1.30 bits per heavy atom. The largest absolute Gasteiger partial charge is 0.376 e.